The van der Waals surface area contributed by atoms with Gasteiger partial charge in [0, 0.05) is 33.7 Å². The summed E-state index contributed by atoms with van der Waals surface area (Å²) >= 11 is 1.51. The number of hydrogen-bond acceptors (Lipinski definition) is 11. The van der Waals surface area contributed by atoms with Crippen LogP contribution in [0.5, 0.6) is 11.6 Å². The second kappa shape index (κ2) is 16.7. The second-order valence-electron chi connectivity index (χ2n) is 16.9. The molecular weight excluding hydrogens is 813 g/mol. The first-order chi connectivity index (χ1) is 29.5. The number of nitrogens with zero attached hydrogens (tertiary/aromatic N) is 3. The number of hydrogen-bond donors (Lipinski definition) is 3. The van der Waals surface area contributed by atoms with Gasteiger partial charge in [0.2, 0.25) is 27.7 Å². The minimum absolute atomic E-state index is 0.0170. The predicted molar refractivity (Wildman–Crippen MR) is 236 cm³/mol. The molecule has 3 fully saturated rings. The van der Waals surface area contributed by atoms with E-state index < -0.39 is 56.7 Å². The summed E-state index contributed by atoms with van der Waals surface area (Å²) in [6.45, 7) is 4.02. The minimum atomic E-state index is -3.88. The molecule has 4 aliphatic rings. The molecule has 1 saturated heterocycles. The van der Waals surface area contributed by atoms with Gasteiger partial charge in [0.25, 0.3) is 5.91 Å². The molecular formula is C46H50N6O7S2. The van der Waals surface area contributed by atoms with E-state index in [1.165, 1.54) is 11.3 Å². The quantitative estimate of drug-likeness (QED) is 0.123. The first-order valence-corrected chi connectivity index (χ1v) is 23.6. The van der Waals surface area contributed by atoms with Crippen LogP contribution >= 0.6 is 11.3 Å². The van der Waals surface area contributed by atoms with E-state index in [2.05, 4.69) is 15.4 Å². The van der Waals surface area contributed by atoms with Crippen molar-refractivity contribution in [1.29, 1.82) is 0 Å². The van der Waals surface area contributed by atoms with Crippen molar-refractivity contribution in [3.8, 4) is 23.0 Å². The molecule has 2 saturated carbocycles. The molecule has 0 unspecified atom stereocenters. The van der Waals surface area contributed by atoms with Gasteiger partial charge in [-0.15, -0.1) is 11.3 Å². The molecule has 2 aliphatic heterocycles. The van der Waals surface area contributed by atoms with Crippen LogP contribution < -0.4 is 24.8 Å². The third kappa shape index (κ3) is 8.67. The molecule has 13 nitrogen and oxygen atoms in total. The average Bonchev–Trinajstić information content (AvgIpc) is 4.15. The van der Waals surface area contributed by atoms with Gasteiger partial charge in [-0.05, 0) is 94.8 Å². The summed E-state index contributed by atoms with van der Waals surface area (Å²) < 4.78 is 42.7. The fraction of sp³-hybridized carbons (Fsp3) is 0.413. The van der Waals surface area contributed by atoms with Gasteiger partial charge in [-0.2, -0.15) is 4.98 Å². The van der Waals surface area contributed by atoms with Crippen molar-refractivity contribution in [2.75, 3.05) is 11.9 Å². The number of sulfonamides is 1. The van der Waals surface area contributed by atoms with Crippen LogP contribution in [-0.2, 0) is 24.4 Å². The van der Waals surface area contributed by atoms with E-state index in [1.54, 1.807) is 4.90 Å². The molecule has 5 atom stereocenters. The fourth-order valence-corrected chi connectivity index (χ4v) is 10.9. The highest BCUT2D eigenvalue weighted by Crippen LogP contribution is 2.46. The maximum absolute atomic E-state index is 14.9. The Hall–Kier alpha value is -5.54. The lowest BCUT2D eigenvalue weighted by atomic mass is 10.0. The first-order valence-electron chi connectivity index (χ1n) is 21.3. The molecule has 2 aromatic heterocycles. The lowest BCUT2D eigenvalue weighted by molar-refractivity contribution is -0.140. The monoisotopic (exact) mass is 862 g/mol. The minimum Gasteiger partial charge on any atom is -0.491 e. The number of anilines is 1. The molecule has 5 aromatic rings. The van der Waals surface area contributed by atoms with Crippen molar-refractivity contribution in [2.45, 2.75) is 107 Å². The normalized spacial score (nSPS) is 25.2. The van der Waals surface area contributed by atoms with Crippen molar-refractivity contribution < 1.29 is 32.3 Å². The number of carbonyl (C=O) groups excluding carboxylic acids is 3. The lowest BCUT2D eigenvalue weighted by Crippen LogP contribution is -2.57. The number of benzene rings is 3. The van der Waals surface area contributed by atoms with Crippen molar-refractivity contribution in [2.24, 2.45) is 5.92 Å². The molecule has 61 heavy (non-hydrogen) atoms. The molecule has 3 amide bonds. The number of carbonyl (C=O) groups is 3. The van der Waals surface area contributed by atoms with Gasteiger partial charge in [-0.1, -0.05) is 61.4 Å². The number of fused-ring (bicyclic) bond motifs is 5. The number of aromatic nitrogens is 2. The van der Waals surface area contributed by atoms with Crippen LogP contribution in [0.3, 0.4) is 0 Å². The molecule has 9 rings (SSSR count). The SMILES string of the molecule is CC(C)Oc1ccc(-c2nc(O[C@@H]3C[C@H]4C(=O)N[C@]5(C(=O)NS(=O)(=O)C6CC6)C[C@H]5/C=C\CCCCC[C@H](Nc5ccccc5)C(=O)N4C3)c3sc4ccccc4c3n2)cc1. The van der Waals surface area contributed by atoms with Crippen LogP contribution in [0.2, 0.25) is 0 Å². The standard InChI is InChI=1S/C46H50N6O7S2/c1-28(2)58-32-21-19-29(20-22-32)41-48-39-35-16-11-12-18-38(35)60-40(39)43(49-41)59-33-25-37-42(53)50-46(45(55)51-61(56,57)34-23-24-34)26-30(46)13-7-4-3-5-10-17-36(44(54)52(37)27-33)47-31-14-8-6-9-15-31/h6-9,11-16,18-22,28,30,33-34,36-37,47H,3-5,10,17,23-27H2,1-2H3,(H,50,53)(H,51,55)/b13-7-/t30-,33-,36+,37+,46-/m1/s1. The van der Waals surface area contributed by atoms with Crippen molar-refractivity contribution >= 4 is 65.1 Å². The average molecular weight is 863 g/mol. The van der Waals surface area contributed by atoms with E-state index in [-0.39, 0.29) is 31.4 Å². The Morgan fingerprint density at radius 1 is 0.951 bits per heavy atom. The van der Waals surface area contributed by atoms with Crippen LogP contribution in [0.1, 0.15) is 71.6 Å². The van der Waals surface area contributed by atoms with E-state index in [0.29, 0.717) is 31.0 Å². The van der Waals surface area contributed by atoms with E-state index in [0.717, 1.165) is 63.0 Å². The molecule has 2 aliphatic carbocycles. The Kier molecular flexibility index (Phi) is 11.2. The number of para-hydroxylation sites is 1. The Morgan fingerprint density at radius 3 is 2.49 bits per heavy atom. The third-order valence-corrected chi connectivity index (χ3v) is 14.9. The zero-order chi connectivity index (χ0) is 42.3. The highest BCUT2D eigenvalue weighted by atomic mass is 32.2. The number of allylic oxidation sites excluding steroid dienone is 1. The van der Waals surface area contributed by atoms with Crippen molar-refractivity contribution in [1.82, 2.24) is 24.9 Å². The molecule has 0 bridgehead atoms. The van der Waals surface area contributed by atoms with Crippen molar-refractivity contribution in [3.05, 3.63) is 91.0 Å². The van der Waals surface area contributed by atoms with E-state index in [9.17, 15) is 22.8 Å². The zero-order valence-electron chi connectivity index (χ0n) is 34.2. The lowest BCUT2D eigenvalue weighted by Gasteiger charge is -2.30. The predicted octanol–water partition coefficient (Wildman–Crippen LogP) is 7.13. The zero-order valence-corrected chi connectivity index (χ0v) is 35.8. The fourth-order valence-electron chi connectivity index (χ4n) is 8.47. The van der Waals surface area contributed by atoms with Crippen LogP contribution in [0.4, 0.5) is 5.69 Å². The van der Waals surface area contributed by atoms with Crippen molar-refractivity contribution in [3.63, 3.8) is 0 Å². The number of ether oxygens (including phenoxy) is 2. The molecule has 15 heteroatoms. The summed E-state index contributed by atoms with van der Waals surface area (Å²) in [7, 11) is -3.88. The summed E-state index contributed by atoms with van der Waals surface area (Å²) in [5.74, 6) is -0.413. The van der Waals surface area contributed by atoms with Crippen LogP contribution in [-0.4, -0.2) is 82.6 Å². The Bertz CT molecular complexity index is 2600. The number of amides is 3. The molecule has 3 N–H and O–H groups in total. The number of rotatable bonds is 10. The van der Waals surface area contributed by atoms with E-state index in [4.69, 9.17) is 19.4 Å². The summed E-state index contributed by atoms with van der Waals surface area (Å²) in [6, 6.07) is 23.5. The topological polar surface area (TPSA) is 169 Å². The Morgan fingerprint density at radius 2 is 1.72 bits per heavy atom. The van der Waals surface area contributed by atoms with Crippen LogP contribution in [0, 0.1) is 5.92 Å². The summed E-state index contributed by atoms with van der Waals surface area (Å²) in [4.78, 5) is 55.0. The highest BCUT2D eigenvalue weighted by molar-refractivity contribution is 7.91. The molecule has 318 valence electrons. The van der Waals surface area contributed by atoms with Gasteiger partial charge >= 0.3 is 0 Å². The van der Waals surface area contributed by atoms with E-state index >= 15 is 0 Å². The van der Waals surface area contributed by atoms with Gasteiger partial charge in [0.1, 0.15) is 34.2 Å². The highest BCUT2D eigenvalue weighted by Gasteiger charge is 2.62. The summed E-state index contributed by atoms with van der Waals surface area (Å²) in [6.07, 6.45) is 8.46. The second-order valence-corrected chi connectivity index (χ2v) is 19.9. The largest absolute Gasteiger partial charge is 0.491 e. The number of nitrogens with one attached hydrogen (secondary N) is 3. The molecule has 0 radical (unpaired) electrons. The molecule has 3 aromatic carbocycles. The van der Waals surface area contributed by atoms with E-state index in [1.807, 2.05) is 105 Å². The van der Waals surface area contributed by atoms with Crippen LogP contribution in [0.15, 0.2) is 91.0 Å². The third-order valence-electron chi connectivity index (χ3n) is 11.9. The molecule has 4 heterocycles. The maximum Gasteiger partial charge on any atom is 0.259 e. The van der Waals surface area contributed by atoms with Gasteiger partial charge in [0.05, 0.1) is 23.4 Å². The summed E-state index contributed by atoms with van der Waals surface area (Å²) in [5, 5.41) is 6.77. The van der Waals surface area contributed by atoms with Gasteiger partial charge in [-0.3, -0.25) is 19.1 Å². The number of thiophene rings is 1. The first kappa shape index (κ1) is 40.8. The Balaban J connectivity index is 1.06. The smallest absolute Gasteiger partial charge is 0.259 e. The van der Waals surface area contributed by atoms with Gasteiger partial charge in [0.15, 0.2) is 5.82 Å². The molecule has 0 spiro atoms. The maximum atomic E-state index is 14.9. The summed E-state index contributed by atoms with van der Waals surface area (Å²) in [5.41, 5.74) is 0.819. The van der Waals surface area contributed by atoms with Crippen LogP contribution in [0.25, 0.3) is 31.7 Å². The Labute approximate surface area is 359 Å². The van der Waals surface area contributed by atoms with Gasteiger partial charge < -0.3 is 25.0 Å². The van der Waals surface area contributed by atoms with Gasteiger partial charge in [-0.25, -0.2) is 13.4 Å².